The molecule has 2 aliphatic rings. The standard InChI is InChI=1S/C14H19N3O4/c18-12(17-7-6-10(8-17)14(19)20)3-1-2-11-15-13(16-21-11)9-4-5-9/h9-10H,1-8H2,(H,19,20). The Labute approximate surface area is 122 Å². The Balaban J connectivity index is 1.40. The monoisotopic (exact) mass is 293 g/mol. The molecule has 1 unspecified atom stereocenters. The summed E-state index contributed by atoms with van der Waals surface area (Å²) in [4.78, 5) is 28.8. The van der Waals surface area contributed by atoms with Gasteiger partial charge in [-0.25, -0.2) is 0 Å². The highest BCUT2D eigenvalue weighted by atomic mass is 16.5. The van der Waals surface area contributed by atoms with Crippen LogP contribution < -0.4 is 0 Å². The van der Waals surface area contributed by atoms with Crippen LogP contribution in [-0.4, -0.2) is 45.1 Å². The molecule has 1 aliphatic heterocycles. The fourth-order valence-corrected chi connectivity index (χ4v) is 2.61. The fourth-order valence-electron chi connectivity index (χ4n) is 2.61. The van der Waals surface area contributed by atoms with Crippen LogP contribution in [0.3, 0.4) is 0 Å². The largest absolute Gasteiger partial charge is 0.481 e. The molecular formula is C14H19N3O4. The molecule has 1 saturated carbocycles. The quantitative estimate of drug-likeness (QED) is 0.846. The van der Waals surface area contributed by atoms with E-state index in [-0.39, 0.29) is 5.91 Å². The van der Waals surface area contributed by atoms with E-state index >= 15 is 0 Å². The molecule has 7 nitrogen and oxygen atoms in total. The number of rotatable bonds is 6. The van der Waals surface area contributed by atoms with Crippen LogP contribution in [0.2, 0.25) is 0 Å². The number of aliphatic carboxylic acids is 1. The van der Waals surface area contributed by atoms with Gasteiger partial charge in [0.2, 0.25) is 11.8 Å². The van der Waals surface area contributed by atoms with Gasteiger partial charge >= 0.3 is 5.97 Å². The van der Waals surface area contributed by atoms with Crippen LogP contribution in [0.5, 0.6) is 0 Å². The van der Waals surface area contributed by atoms with Crippen molar-refractivity contribution in [1.82, 2.24) is 15.0 Å². The van der Waals surface area contributed by atoms with Gasteiger partial charge in [-0.15, -0.1) is 0 Å². The van der Waals surface area contributed by atoms with Crippen LogP contribution in [0.4, 0.5) is 0 Å². The number of carboxylic acids is 1. The van der Waals surface area contributed by atoms with E-state index in [1.54, 1.807) is 4.90 Å². The number of nitrogens with zero attached hydrogens (tertiary/aromatic N) is 3. The number of hydrogen-bond acceptors (Lipinski definition) is 5. The van der Waals surface area contributed by atoms with Crippen molar-refractivity contribution >= 4 is 11.9 Å². The van der Waals surface area contributed by atoms with Crippen LogP contribution in [-0.2, 0) is 16.0 Å². The maximum absolute atomic E-state index is 12.0. The van der Waals surface area contributed by atoms with Gasteiger partial charge in [-0.05, 0) is 25.7 Å². The van der Waals surface area contributed by atoms with Gasteiger partial charge in [0.1, 0.15) is 0 Å². The Kier molecular flexibility index (Phi) is 3.90. The summed E-state index contributed by atoms with van der Waals surface area (Å²) in [5, 5.41) is 12.9. The SMILES string of the molecule is O=C(O)C1CCN(C(=O)CCCc2nc(C3CC3)no2)C1. The van der Waals surface area contributed by atoms with E-state index in [1.165, 1.54) is 0 Å². The lowest BCUT2D eigenvalue weighted by molar-refractivity contribution is -0.141. The zero-order chi connectivity index (χ0) is 14.8. The van der Waals surface area contributed by atoms with Crippen LogP contribution in [0, 0.1) is 5.92 Å². The van der Waals surface area contributed by atoms with Crippen molar-refractivity contribution in [2.75, 3.05) is 13.1 Å². The maximum Gasteiger partial charge on any atom is 0.308 e. The number of carboxylic acid groups (broad SMARTS) is 1. The fraction of sp³-hybridized carbons (Fsp3) is 0.714. The average Bonchev–Trinajstić information content (AvgIpc) is 3.01. The second-order valence-electron chi connectivity index (χ2n) is 5.84. The highest BCUT2D eigenvalue weighted by molar-refractivity contribution is 5.78. The first kappa shape index (κ1) is 14.0. The third-order valence-corrected chi connectivity index (χ3v) is 4.10. The molecule has 1 amide bonds. The number of hydrogen-bond donors (Lipinski definition) is 1. The van der Waals surface area contributed by atoms with Gasteiger partial charge in [0.15, 0.2) is 5.82 Å². The Bertz CT molecular complexity index is 538. The van der Waals surface area contributed by atoms with Crippen molar-refractivity contribution in [2.45, 2.75) is 44.4 Å². The summed E-state index contributed by atoms with van der Waals surface area (Å²) < 4.78 is 5.16. The van der Waals surface area contributed by atoms with E-state index in [9.17, 15) is 9.59 Å². The minimum Gasteiger partial charge on any atom is -0.481 e. The molecule has 7 heteroatoms. The molecule has 2 heterocycles. The maximum atomic E-state index is 12.0. The minimum absolute atomic E-state index is 0.0145. The predicted molar refractivity (Wildman–Crippen MR) is 71.5 cm³/mol. The number of carbonyl (C=O) groups is 2. The molecule has 3 rings (SSSR count). The van der Waals surface area contributed by atoms with Gasteiger partial charge in [0.05, 0.1) is 5.92 Å². The molecule has 2 fully saturated rings. The van der Waals surface area contributed by atoms with Crippen molar-refractivity contribution in [3.63, 3.8) is 0 Å². The van der Waals surface area contributed by atoms with Crippen molar-refractivity contribution in [3.8, 4) is 0 Å². The first-order valence-electron chi connectivity index (χ1n) is 7.46. The van der Waals surface area contributed by atoms with E-state index in [2.05, 4.69) is 10.1 Å². The highest BCUT2D eigenvalue weighted by Gasteiger charge is 2.31. The first-order valence-corrected chi connectivity index (χ1v) is 7.46. The number of amides is 1. The van der Waals surface area contributed by atoms with Gasteiger partial charge < -0.3 is 14.5 Å². The molecule has 0 bridgehead atoms. The van der Waals surface area contributed by atoms with Crippen molar-refractivity contribution in [1.29, 1.82) is 0 Å². The Morgan fingerprint density at radius 3 is 2.81 bits per heavy atom. The van der Waals surface area contributed by atoms with Crippen molar-refractivity contribution in [2.24, 2.45) is 5.92 Å². The second-order valence-corrected chi connectivity index (χ2v) is 5.84. The summed E-state index contributed by atoms with van der Waals surface area (Å²) in [6.45, 7) is 0.878. The molecule has 1 aliphatic carbocycles. The summed E-state index contributed by atoms with van der Waals surface area (Å²) in [5.41, 5.74) is 0. The van der Waals surface area contributed by atoms with Crippen molar-refractivity contribution in [3.05, 3.63) is 11.7 Å². The third-order valence-electron chi connectivity index (χ3n) is 4.10. The second kappa shape index (κ2) is 5.83. The van der Waals surface area contributed by atoms with Crippen molar-refractivity contribution < 1.29 is 19.2 Å². The summed E-state index contributed by atoms with van der Waals surface area (Å²) in [6, 6.07) is 0. The number of likely N-dealkylation sites (tertiary alicyclic amines) is 1. The smallest absolute Gasteiger partial charge is 0.308 e. The molecule has 21 heavy (non-hydrogen) atoms. The normalized spacial score (nSPS) is 21.7. The molecule has 0 aromatic carbocycles. The van der Waals surface area contributed by atoms with Gasteiger partial charge in [0.25, 0.3) is 0 Å². The van der Waals surface area contributed by atoms with Gasteiger partial charge in [0, 0.05) is 31.8 Å². The molecule has 1 N–H and O–H groups in total. The van der Waals surface area contributed by atoms with Crippen LogP contribution in [0.15, 0.2) is 4.52 Å². The minimum atomic E-state index is -0.816. The van der Waals surface area contributed by atoms with E-state index in [4.69, 9.17) is 9.63 Å². The predicted octanol–water partition coefficient (Wildman–Crippen LogP) is 1.20. The van der Waals surface area contributed by atoms with Gasteiger partial charge in [-0.2, -0.15) is 4.98 Å². The highest BCUT2D eigenvalue weighted by Crippen LogP contribution is 2.38. The molecular weight excluding hydrogens is 274 g/mol. The number of aromatic nitrogens is 2. The molecule has 1 atom stereocenters. The van der Waals surface area contributed by atoms with E-state index in [0.29, 0.717) is 50.6 Å². The number of carbonyl (C=O) groups excluding carboxylic acids is 1. The third kappa shape index (κ3) is 3.40. The Morgan fingerprint density at radius 2 is 2.14 bits per heavy atom. The summed E-state index contributed by atoms with van der Waals surface area (Å²) in [6.07, 6.45) is 4.47. The summed E-state index contributed by atoms with van der Waals surface area (Å²) in [5.74, 6) is 0.645. The molecule has 1 aromatic rings. The van der Waals surface area contributed by atoms with Crippen LogP contribution in [0.1, 0.15) is 49.7 Å². The lowest BCUT2D eigenvalue weighted by Crippen LogP contribution is -2.29. The van der Waals surface area contributed by atoms with E-state index in [0.717, 1.165) is 18.7 Å². The van der Waals surface area contributed by atoms with Crippen LogP contribution >= 0.6 is 0 Å². The molecule has 1 saturated heterocycles. The lowest BCUT2D eigenvalue weighted by atomic mass is 10.1. The summed E-state index contributed by atoms with van der Waals surface area (Å²) in [7, 11) is 0. The van der Waals surface area contributed by atoms with Gasteiger partial charge in [-0.1, -0.05) is 5.16 Å². The first-order chi connectivity index (χ1) is 10.1. The van der Waals surface area contributed by atoms with Gasteiger partial charge in [-0.3, -0.25) is 9.59 Å². The van der Waals surface area contributed by atoms with E-state index in [1.807, 2.05) is 0 Å². The number of aryl methyl sites for hydroxylation is 1. The lowest BCUT2D eigenvalue weighted by Gasteiger charge is -2.15. The molecule has 0 radical (unpaired) electrons. The molecule has 1 aromatic heterocycles. The summed E-state index contributed by atoms with van der Waals surface area (Å²) >= 11 is 0. The molecule has 114 valence electrons. The average molecular weight is 293 g/mol. The zero-order valence-corrected chi connectivity index (χ0v) is 11.8. The Hall–Kier alpha value is -1.92. The Morgan fingerprint density at radius 1 is 1.33 bits per heavy atom. The van der Waals surface area contributed by atoms with E-state index < -0.39 is 11.9 Å². The molecule has 0 spiro atoms. The zero-order valence-electron chi connectivity index (χ0n) is 11.8. The topological polar surface area (TPSA) is 96.5 Å². The van der Waals surface area contributed by atoms with Crippen LogP contribution in [0.25, 0.3) is 0 Å².